The lowest BCUT2D eigenvalue weighted by atomic mass is 10.0. The number of nitrogens with zero attached hydrogens (tertiary/aromatic N) is 1. The quantitative estimate of drug-likeness (QED) is 0.0243. The van der Waals surface area contributed by atoms with E-state index in [0.29, 0.717) is 17.4 Å². The van der Waals surface area contributed by atoms with Gasteiger partial charge in [0.25, 0.3) is 0 Å². The number of phosphoric ester groups is 1. The average molecular weight is 965 g/mol. The molecule has 3 atom stereocenters. The highest BCUT2D eigenvalue weighted by atomic mass is 31.2. The van der Waals surface area contributed by atoms with Crippen LogP contribution in [0, 0.1) is 0 Å². The first-order valence-corrected chi connectivity index (χ1v) is 30.0. The lowest BCUT2D eigenvalue weighted by Gasteiger charge is -2.25. The third kappa shape index (κ3) is 52.1. The van der Waals surface area contributed by atoms with Gasteiger partial charge in [-0.2, -0.15) is 0 Å². The fraction of sp³-hybridized carbons (Fsp3) is 0.845. The van der Waals surface area contributed by atoms with Crippen molar-refractivity contribution in [3.05, 3.63) is 48.6 Å². The molecule has 0 saturated carbocycles. The highest BCUT2D eigenvalue weighted by Crippen LogP contribution is 2.43. The van der Waals surface area contributed by atoms with E-state index in [1.54, 1.807) is 6.08 Å². The van der Waals surface area contributed by atoms with Crippen molar-refractivity contribution < 1.29 is 32.9 Å². The van der Waals surface area contributed by atoms with Crippen molar-refractivity contribution in [2.45, 2.75) is 276 Å². The zero-order chi connectivity index (χ0) is 49.2. The molecule has 0 aliphatic carbocycles. The van der Waals surface area contributed by atoms with Crippen LogP contribution in [0.3, 0.4) is 0 Å². The number of amides is 1. The minimum atomic E-state index is -4.35. The van der Waals surface area contributed by atoms with E-state index in [9.17, 15) is 19.4 Å². The number of aliphatic hydroxyl groups is 1. The van der Waals surface area contributed by atoms with E-state index in [4.69, 9.17) is 9.05 Å². The van der Waals surface area contributed by atoms with Crippen LogP contribution in [-0.2, 0) is 18.4 Å². The van der Waals surface area contributed by atoms with Gasteiger partial charge in [-0.25, -0.2) is 4.57 Å². The lowest BCUT2D eigenvalue weighted by molar-refractivity contribution is -0.870. The highest BCUT2D eigenvalue weighted by Gasteiger charge is 2.27. The van der Waals surface area contributed by atoms with Crippen molar-refractivity contribution in [3.63, 3.8) is 0 Å². The summed E-state index contributed by atoms with van der Waals surface area (Å²) < 4.78 is 23.6. The molecule has 3 N–H and O–H groups in total. The number of quaternary nitrogens is 1. The third-order valence-electron chi connectivity index (χ3n) is 12.8. The Bertz CT molecular complexity index is 1230. The van der Waals surface area contributed by atoms with Crippen LogP contribution in [0.2, 0.25) is 0 Å². The summed E-state index contributed by atoms with van der Waals surface area (Å²) in [5.74, 6) is -0.185. The van der Waals surface area contributed by atoms with E-state index in [1.807, 2.05) is 27.2 Å². The number of nitrogens with one attached hydrogen (secondary N) is 1. The molecule has 0 heterocycles. The first kappa shape index (κ1) is 65.5. The minimum absolute atomic E-state index is 0.0567. The Morgan fingerprint density at radius 2 is 0.866 bits per heavy atom. The summed E-state index contributed by atoms with van der Waals surface area (Å²) in [6.45, 7) is 4.78. The molecular formula is C58H112N2O6P+. The van der Waals surface area contributed by atoms with Crippen molar-refractivity contribution in [2.24, 2.45) is 0 Å². The maximum Gasteiger partial charge on any atom is 0.472 e. The summed E-state index contributed by atoms with van der Waals surface area (Å²) in [5.41, 5.74) is 0. The molecule has 0 aliphatic rings. The molecule has 0 rings (SSSR count). The van der Waals surface area contributed by atoms with Crippen molar-refractivity contribution in [3.8, 4) is 0 Å². The largest absolute Gasteiger partial charge is 0.472 e. The monoisotopic (exact) mass is 964 g/mol. The molecule has 0 saturated heterocycles. The molecule has 0 aromatic heterocycles. The number of unbranched alkanes of at least 4 members (excludes halogenated alkanes) is 33. The molecule has 67 heavy (non-hydrogen) atoms. The summed E-state index contributed by atoms with van der Waals surface area (Å²) in [5, 5.41) is 13.8. The number of aliphatic hydroxyl groups excluding tert-OH is 1. The van der Waals surface area contributed by atoms with Gasteiger partial charge in [-0.1, -0.05) is 242 Å². The number of phosphoric acid groups is 1. The van der Waals surface area contributed by atoms with E-state index in [0.717, 1.165) is 44.9 Å². The Balaban J connectivity index is 3.99. The Hall–Kier alpha value is -1.54. The van der Waals surface area contributed by atoms with Gasteiger partial charge in [-0.15, -0.1) is 0 Å². The van der Waals surface area contributed by atoms with Crippen molar-refractivity contribution in [1.82, 2.24) is 5.32 Å². The van der Waals surface area contributed by atoms with Crippen LogP contribution >= 0.6 is 7.82 Å². The van der Waals surface area contributed by atoms with Crippen LogP contribution < -0.4 is 5.32 Å². The molecule has 0 bridgehead atoms. The standard InChI is InChI=1S/C58H111N2O6P/c1-6-8-10-12-14-16-18-20-21-22-23-24-25-26-27-28-29-30-31-32-33-34-35-36-37-38-39-40-42-44-46-48-50-52-58(62)59-56(55-66-67(63,64)65-54-53-60(3,4)5)57(61)51-49-47-45-43-41-19-17-15-13-11-9-7-2/h18,20,22-23,41,43,49,51,56-57,61H,6-17,19,21,24-40,42,44-48,50,52-55H2,1-5H3,(H-,59,62,63,64)/p+1/b20-18-,23-22-,43-41+,51-49+. The maximum atomic E-state index is 12.9. The first-order chi connectivity index (χ1) is 32.5. The van der Waals surface area contributed by atoms with E-state index in [2.05, 4.69) is 55.6 Å². The van der Waals surface area contributed by atoms with Crippen LogP contribution in [0.25, 0.3) is 0 Å². The Morgan fingerprint density at radius 3 is 1.28 bits per heavy atom. The molecule has 0 aromatic rings. The van der Waals surface area contributed by atoms with E-state index in [1.165, 1.54) is 199 Å². The topological polar surface area (TPSA) is 105 Å². The summed E-state index contributed by atoms with van der Waals surface area (Å²) in [4.78, 5) is 23.2. The van der Waals surface area contributed by atoms with Crippen LogP contribution in [0.15, 0.2) is 48.6 Å². The average Bonchev–Trinajstić information content (AvgIpc) is 3.29. The molecule has 0 fully saturated rings. The number of carbonyl (C=O) groups excluding carboxylic acids is 1. The summed E-state index contributed by atoms with van der Waals surface area (Å²) >= 11 is 0. The number of carbonyl (C=O) groups is 1. The Kier molecular flexibility index (Phi) is 48.3. The van der Waals surface area contributed by atoms with Gasteiger partial charge < -0.3 is 19.8 Å². The molecule has 0 aromatic carbocycles. The second kappa shape index (κ2) is 49.4. The maximum absolute atomic E-state index is 12.9. The van der Waals surface area contributed by atoms with Gasteiger partial charge >= 0.3 is 7.82 Å². The molecule has 394 valence electrons. The predicted molar refractivity (Wildman–Crippen MR) is 291 cm³/mol. The zero-order valence-electron chi connectivity index (χ0n) is 44.9. The van der Waals surface area contributed by atoms with Crippen LogP contribution in [0.4, 0.5) is 0 Å². The smallest absolute Gasteiger partial charge is 0.387 e. The molecule has 0 spiro atoms. The SMILES string of the molecule is CCCCCCC/C=C\C/C=C\CCCCCCCCCCCCCCCCCCCCCCCC(=O)NC(COP(=O)(O)OCC[N+](C)(C)C)C(O)/C=C/CC/C=C/CCCCCCCC. The van der Waals surface area contributed by atoms with E-state index in [-0.39, 0.29) is 19.1 Å². The van der Waals surface area contributed by atoms with E-state index >= 15 is 0 Å². The highest BCUT2D eigenvalue weighted by molar-refractivity contribution is 7.47. The van der Waals surface area contributed by atoms with Gasteiger partial charge in [0.2, 0.25) is 5.91 Å². The molecule has 8 nitrogen and oxygen atoms in total. The normalized spacial score (nSPS) is 14.3. The molecule has 9 heteroatoms. The fourth-order valence-electron chi connectivity index (χ4n) is 8.27. The molecule has 3 unspecified atom stereocenters. The van der Waals surface area contributed by atoms with Gasteiger partial charge in [0.1, 0.15) is 13.2 Å². The predicted octanol–water partition coefficient (Wildman–Crippen LogP) is 17.2. The Labute approximate surface area is 416 Å². The van der Waals surface area contributed by atoms with Crippen molar-refractivity contribution in [1.29, 1.82) is 0 Å². The fourth-order valence-corrected chi connectivity index (χ4v) is 9.00. The summed E-state index contributed by atoms with van der Waals surface area (Å²) in [6.07, 6.45) is 65.2. The second-order valence-electron chi connectivity index (χ2n) is 20.7. The molecule has 1 amide bonds. The van der Waals surface area contributed by atoms with Crippen LogP contribution in [0.5, 0.6) is 0 Å². The molecule has 0 aliphatic heterocycles. The third-order valence-corrected chi connectivity index (χ3v) is 13.8. The number of likely N-dealkylation sites (N-methyl/N-ethyl adjacent to an activating group) is 1. The van der Waals surface area contributed by atoms with Crippen molar-refractivity contribution in [2.75, 3.05) is 40.9 Å². The number of hydrogen-bond acceptors (Lipinski definition) is 5. The molecule has 0 radical (unpaired) electrons. The van der Waals surface area contributed by atoms with E-state index < -0.39 is 20.0 Å². The summed E-state index contributed by atoms with van der Waals surface area (Å²) in [6, 6.07) is -0.861. The van der Waals surface area contributed by atoms with Gasteiger partial charge in [-0.3, -0.25) is 13.8 Å². The zero-order valence-corrected chi connectivity index (χ0v) is 45.8. The molecular weight excluding hydrogens is 852 g/mol. The Morgan fingerprint density at radius 1 is 0.507 bits per heavy atom. The van der Waals surface area contributed by atoms with Crippen molar-refractivity contribution >= 4 is 13.7 Å². The van der Waals surface area contributed by atoms with Crippen LogP contribution in [-0.4, -0.2) is 73.4 Å². The number of hydrogen-bond donors (Lipinski definition) is 3. The van der Waals surface area contributed by atoms with Gasteiger partial charge in [0.15, 0.2) is 0 Å². The first-order valence-electron chi connectivity index (χ1n) is 28.5. The van der Waals surface area contributed by atoms with Gasteiger partial charge in [0.05, 0.1) is 39.9 Å². The number of allylic oxidation sites excluding steroid dienone is 7. The minimum Gasteiger partial charge on any atom is -0.387 e. The number of rotatable bonds is 52. The van der Waals surface area contributed by atoms with Gasteiger partial charge in [0, 0.05) is 6.42 Å². The summed E-state index contributed by atoms with van der Waals surface area (Å²) in [7, 11) is 1.56. The van der Waals surface area contributed by atoms with Gasteiger partial charge in [-0.05, 0) is 64.2 Å². The lowest BCUT2D eigenvalue weighted by Crippen LogP contribution is -2.45. The second-order valence-corrected chi connectivity index (χ2v) is 22.1. The van der Waals surface area contributed by atoms with Crippen LogP contribution in [0.1, 0.15) is 264 Å².